The van der Waals surface area contributed by atoms with Gasteiger partial charge in [0, 0.05) is 13.7 Å². The van der Waals surface area contributed by atoms with Gasteiger partial charge in [-0.25, -0.2) is 0 Å². The predicted octanol–water partition coefficient (Wildman–Crippen LogP) is 6.08. The fourth-order valence-corrected chi connectivity index (χ4v) is 5.43. The molecule has 0 unspecified atom stereocenters. The van der Waals surface area contributed by atoms with Gasteiger partial charge in [-0.3, -0.25) is 0 Å². The summed E-state index contributed by atoms with van der Waals surface area (Å²) in [5, 5.41) is 10.1. The van der Waals surface area contributed by atoms with Crippen LogP contribution in [0.2, 0.25) is 0 Å². The van der Waals surface area contributed by atoms with E-state index in [4.69, 9.17) is 28.4 Å². The second-order valence-corrected chi connectivity index (χ2v) is 10.8. The van der Waals surface area contributed by atoms with Crippen molar-refractivity contribution in [1.29, 1.82) is 0 Å². The molecule has 6 atom stereocenters. The summed E-state index contributed by atoms with van der Waals surface area (Å²) in [6.07, 6.45) is -3.31. The van der Waals surface area contributed by atoms with E-state index in [1.54, 1.807) is 7.11 Å². The van der Waals surface area contributed by atoms with Crippen molar-refractivity contribution in [2.24, 2.45) is 0 Å². The summed E-state index contributed by atoms with van der Waals surface area (Å²) in [5.41, 5.74) is 4.10. The van der Waals surface area contributed by atoms with Crippen molar-refractivity contribution in [2.45, 2.75) is 69.7 Å². The summed E-state index contributed by atoms with van der Waals surface area (Å²) in [7, 11) is 1.60. The molecule has 1 heterocycles. The number of rotatable bonds is 16. The first-order valence-corrected chi connectivity index (χ1v) is 15.2. The Kier molecular flexibility index (Phi) is 12.5. The molecule has 5 rings (SSSR count). The molecular formula is C37H42O7. The molecule has 1 N–H and O–H groups in total. The molecular weight excluding hydrogens is 556 g/mol. The molecule has 44 heavy (non-hydrogen) atoms. The molecule has 7 nitrogen and oxygen atoms in total. The van der Waals surface area contributed by atoms with Crippen LogP contribution < -0.4 is 0 Å². The van der Waals surface area contributed by atoms with Crippen LogP contribution in [0.25, 0.3) is 0 Å². The third kappa shape index (κ3) is 9.06. The van der Waals surface area contributed by atoms with Gasteiger partial charge in [-0.05, 0) is 28.7 Å². The number of hydrogen-bond acceptors (Lipinski definition) is 7. The minimum Gasteiger partial charge on any atom is -0.396 e. The molecule has 1 saturated heterocycles. The van der Waals surface area contributed by atoms with Crippen LogP contribution in [0.15, 0.2) is 121 Å². The summed E-state index contributed by atoms with van der Waals surface area (Å²) in [6.45, 7) is 1.31. The Morgan fingerprint density at radius 2 is 0.977 bits per heavy atom. The third-order valence-corrected chi connectivity index (χ3v) is 7.71. The number of aliphatic hydroxyl groups is 1. The minimum atomic E-state index is -0.762. The molecule has 0 radical (unpaired) electrons. The van der Waals surface area contributed by atoms with Crippen LogP contribution in [0.4, 0.5) is 0 Å². The Morgan fingerprint density at radius 3 is 1.41 bits per heavy atom. The van der Waals surface area contributed by atoms with Crippen molar-refractivity contribution in [1.82, 2.24) is 0 Å². The average molecular weight is 599 g/mol. The van der Waals surface area contributed by atoms with E-state index in [0.29, 0.717) is 32.8 Å². The van der Waals surface area contributed by atoms with E-state index >= 15 is 0 Å². The quantitative estimate of drug-likeness (QED) is 0.168. The van der Waals surface area contributed by atoms with Crippen molar-refractivity contribution in [3.05, 3.63) is 144 Å². The Morgan fingerprint density at radius 1 is 0.568 bits per heavy atom. The van der Waals surface area contributed by atoms with E-state index in [2.05, 4.69) is 0 Å². The minimum absolute atomic E-state index is 0.0775. The molecule has 232 valence electrons. The third-order valence-electron chi connectivity index (χ3n) is 7.71. The highest BCUT2D eigenvalue weighted by Gasteiger charge is 2.51. The van der Waals surface area contributed by atoms with Gasteiger partial charge in [-0.2, -0.15) is 0 Å². The van der Waals surface area contributed by atoms with Gasteiger partial charge < -0.3 is 33.5 Å². The van der Waals surface area contributed by atoms with E-state index in [-0.39, 0.29) is 6.61 Å². The monoisotopic (exact) mass is 598 g/mol. The standard InChI is InChI=1S/C37H42O7/c1-39-37-36(43-27-31-20-12-5-13-21-31)35(42-26-30-18-10-4-11-19-30)34(41-25-29-16-8-3-9-17-29)33(44-37)32(22-23-38)40-24-28-14-6-2-7-15-28/h2-21,32-38H,22-27H2,1H3/t32-,33+,34+,35-,36+,37-/m0/s1. The van der Waals surface area contributed by atoms with Crippen LogP contribution in [-0.2, 0) is 54.8 Å². The molecule has 1 aliphatic rings. The van der Waals surface area contributed by atoms with Crippen molar-refractivity contribution in [2.75, 3.05) is 13.7 Å². The number of aliphatic hydroxyl groups excluding tert-OH is 1. The summed E-state index contributed by atoms with van der Waals surface area (Å²) in [4.78, 5) is 0. The number of methoxy groups -OCH3 is 1. The van der Waals surface area contributed by atoms with Gasteiger partial charge in [-0.1, -0.05) is 121 Å². The maximum absolute atomic E-state index is 10.1. The maximum atomic E-state index is 10.1. The Hall–Kier alpha value is -3.40. The molecule has 0 amide bonds. The Bertz CT molecular complexity index is 1320. The van der Waals surface area contributed by atoms with Gasteiger partial charge >= 0.3 is 0 Å². The number of hydrogen-bond donors (Lipinski definition) is 1. The highest BCUT2D eigenvalue weighted by atomic mass is 16.7. The van der Waals surface area contributed by atoms with Gasteiger partial charge in [0.25, 0.3) is 0 Å². The first kappa shape index (κ1) is 32.0. The first-order valence-electron chi connectivity index (χ1n) is 15.2. The lowest BCUT2D eigenvalue weighted by molar-refractivity contribution is -0.332. The molecule has 1 fully saturated rings. The summed E-state index contributed by atoms with van der Waals surface area (Å²) < 4.78 is 38.9. The molecule has 0 saturated carbocycles. The molecule has 4 aromatic carbocycles. The molecule has 0 aliphatic carbocycles. The topological polar surface area (TPSA) is 75.6 Å². The van der Waals surface area contributed by atoms with Gasteiger partial charge in [0.1, 0.15) is 24.4 Å². The zero-order chi connectivity index (χ0) is 30.4. The zero-order valence-electron chi connectivity index (χ0n) is 25.2. The van der Waals surface area contributed by atoms with Crippen molar-refractivity contribution < 1.29 is 33.5 Å². The van der Waals surface area contributed by atoms with Crippen LogP contribution in [-0.4, -0.2) is 55.6 Å². The van der Waals surface area contributed by atoms with Crippen molar-refractivity contribution >= 4 is 0 Å². The second-order valence-electron chi connectivity index (χ2n) is 10.8. The lowest BCUT2D eigenvalue weighted by Crippen LogP contribution is -2.63. The highest BCUT2D eigenvalue weighted by Crippen LogP contribution is 2.34. The van der Waals surface area contributed by atoms with Crippen LogP contribution in [0, 0.1) is 0 Å². The first-order chi connectivity index (χ1) is 21.7. The Labute approximate surface area is 260 Å². The van der Waals surface area contributed by atoms with E-state index in [0.717, 1.165) is 22.3 Å². The van der Waals surface area contributed by atoms with Gasteiger partial charge in [0.2, 0.25) is 0 Å². The molecule has 7 heteroatoms. The maximum Gasteiger partial charge on any atom is 0.186 e. The SMILES string of the molecule is CO[C@H]1O[C@H]([C@H](CCO)OCc2ccccc2)[C@@H](OCc2ccccc2)[C@H](OCc2ccccc2)[C@H]1OCc1ccccc1. The normalized spacial score (nSPS) is 22.5. The fraction of sp³-hybridized carbons (Fsp3) is 0.351. The second kappa shape index (κ2) is 17.2. The summed E-state index contributed by atoms with van der Waals surface area (Å²) in [5.74, 6) is 0. The summed E-state index contributed by atoms with van der Waals surface area (Å²) >= 11 is 0. The lowest BCUT2D eigenvalue weighted by atomic mass is 9.93. The summed E-state index contributed by atoms with van der Waals surface area (Å²) in [6, 6.07) is 40.0. The fourth-order valence-electron chi connectivity index (χ4n) is 5.43. The molecule has 4 aromatic rings. The largest absolute Gasteiger partial charge is 0.396 e. The zero-order valence-corrected chi connectivity index (χ0v) is 25.2. The highest BCUT2D eigenvalue weighted by molar-refractivity contribution is 5.16. The van der Waals surface area contributed by atoms with E-state index in [9.17, 15) is 5.11 Å². The number of benzene rings is 4. The number of ether oxygens (including phenoxy) is 6. The lowest BCUT2D eigenvalue weighted by Gasteiger charge is -2.47. The molecule has 0 bridgehead atoms. The molecule has 0 spiro atoms. The molecule has 0 aromatic heterocycles. The average Bonchev–Trinajstić information content (AvgIpc) is 3.09. The van der Waals surface area contributed by atoms with E-state index < -0.39 is 36.8 Å². The van der Waals surface area contributed by atoms with Crippen LogP contribution in [0.5, 0.6) is 0 Å². The van der Waals surface area contributed by atoms with Crippen molar-refractivity contribution in [3.8, 4) is 0 Å². The van der Waals surface area contributed by atoms with E-state index in [1.165, 1.54) is 0 Å². The van der Waals surface area contributed by atoms with Gasteiger partial charge in [0.15, 0.2) is 6.29 Å². The predicted molar refractivity (Wildman–Crippen MR) is 167 cm³/mol. The smallest absolute Gasteiger partial charge is 0.186 e. The van der Waals surface area contributed by atoms with Crippen LogP contribution >= 0.6 is 0 Å². The van der Waals surface area contributed by atoms with Gasteiger partial charge in [0.05, 0.1) is 32.5 Å². The van der Waals surface area contributed by atoms with E-state index in [1.807, 2.05) is 121 Å². The van der Waals surface area contributed by atoms with Gasteiger partial charge in [-0.15, -0.1) is 0 Å². The Balaban J connectivity index is 1.46. The van der Waals surface area contributed by atoms with Crippen LogP contribution in [0.1, 0.15) is 28.7 Å². The van der Waals surface area contributed by atoms with Crippen molar-refractivity contribution in [3.63, 3.8) is 0 Å². The van der Waals surface area contributed by atoms with Crippen LogP contribution in [0.3, 0.4) is 0 Å². The molecule has 1 aliphatic heterocycles.